The molecule has 1 aromatic carbocycles. The lowest BCUT2D eigenvalue weighted by Gasteiger charge is -1.87. The fourth-order valence-electron chi connectivity index (χ4n) is 0.533. The largest absolute Gasteiger partial charge is 0.359 e. The quantitative estimate of drug-likeness (QED) is 0.665. The van der Waals surface area contributed by atoms with Crippen molar-refractivity contribution in [1.29, 1.82) is 0 Å². The van der Waals surface area contributed by atoms with E-state index in [1.165, 1.54) is 0 Å². The van der Waals surface area contributed by atoms with Crippen molar-refractivity contribution in [2.45, 2.75) is 0 Å². The zero-order valence-electron chi connectivity index (χ0n) is 7.29. The van der Waals surface area contributed by atoms with Gasteiger partial charge in [-0.2, -0.15) is 0 Å². The van der Waals surface area contributed by atoms with Crippen LogP contribution in [0.25, 0.3) is 0 Å². The van der Waals surface area contributed by atoms with Gasteiger partial charge in [-0.25, -0.2) is 0 Å². The minimum Gasteiger partial charge on any atom is -0.359 e. The highest BCUT2D eigenvalue weighted by Crippen LogP contribution is 2.03. The van der Waals surface area contributed by atoms with Gasteiger partial charge in [0.25, 0.3) is 0 Å². The lowest BCUT2D eigenvalue weighted by molar-refractivity contribution is -0.00271. The van der Waals surface area contributed by atoms with E-state index < -0.39 is 0 Å². The number of benzene rings is 1. The van der Waals surface area contributed by atoms with Crippen LogP contribution in [-0.2, 0) is 9.47 Å². The van der Waals surface area contributed by atoms with Crippen molar-refractivity contribution >= 4 is 11.6 Å². The molecule has 0 bridgehead atoms. The molecule has 1 aromatic rings. The smallest absolute Gasteiger partial charge is 0.145 e. The third-order valence-electron chi connectivity index (χ3n) is 0.969. The molecular weight excluding hydrogens is 176 g/mol. The summed E-state index contributed by atoms with van der Waals surface area (Å²) in [5.74, 6) is 0. The Labute approximate surface area is 78.1 Å². The van der Waals surface area contributed by atoms with E-state index in [1.807, 2.05) is 30.3 Å². The van der Waals surface area contributed by atoms with Crippen molar-refractivity contribution in [3.63, 3.8) is 0 Å². The normalized spacial score (nSPS) is 8.58. The van der Waals surface area contributed by atoms with Crippen LogP contribution in [-0.4, -0.2) is 21.0 Å². The summed E-state index contributed by atoms with van der Waals surface area (Å²) < 4.78 is 8.94. The summed E-state index contributed by atoms with van der Waals surface area (Å²) in [5, 5.41) is 0.794. The van der Waals surface area contributed by atoms with Gasteiger partial charge in [0.1, 0.15) is 6.79 Å². The van der Waals surface area contributed by atoms with Crippen LogP contribution in [0.1, 0.15) is 0 Å². The first-order chi connectivity index (χ1) is 5.81. The maximum Gasteiger partial charge on any atom is 0.145 e. The first-order valence-electron chi connectivity index (χ1n) is 3.49. The number of rotatable bonds is 2. The zero-order valence-corrected chi connectivity index (χ0v) is 8.04. The Morgan fingerprint density at radius 3 is 1.75 bits per heavy atom. The van der Waals surface area contributed by atoms with E-state index in [9.17, 15) is 0 Å². The number of hydrogen-bond donors (Lipinski definition) is 0. The molecule has 0 saturated carbocycles. The minimum absolute atomic E-state index is 0.389. The van der Waals surface area contributed by atoms with Gasteiger partial charge in [0.15, 0.2) is 0 Å². The molecule has 68 valence electrons. The standard InChI is InChI=1S/C6H5Cl.C3H8O2/c7-6-4-2-1-3-5-6;1-4-3-5-2/h1-5H;3H2,1-2H3. The van der Waals surface area contributed by atoms with Gasteiger partial charge >= 0.3 is 0 Å². The lowest BCUT2D eigenvalue weighted by atomic mass is 10.4. The van der Waals surface area contributed by atoms with Crippen LogP contribution in [0.15, 0.2) is 30.3 Å². The second-order valence-electron chi connectivity index (χ2n) is 1.99. The molecule has 0 aliphatic rings. The molecule has 0 unspecified atom stereocenters. The van der Waals surface area contributed by atoms with Crippen LogP contribution in [0, 0.1) is 0 Å². The van der Waals surface area contributed by atoms with Crippen molar-refractivity contribution in [3.8, 4) is 0 Å². The molecule has 0 N–H and O–H groups in total. The average molecular weight is 189 g/mol. The fourth-order valence-corrected chi connectivity index (χ4v) is 0.678. The molecule has 0 atom stereocenters. The molecular formula is C9H13ClO2. The summed E-state index contributed by atoms with van der Waals surface area (Å²) >= 11 is 5.54. The van der Waals surface area contributed by atoms with Gasteiger partial charge in [0.05, 0.1) is 0 Å². The van der Waals surface area contributed by atoms with E-state index in [0.29, 0.717) is 6.79 Å². The monoisotopic (exact) mass is 188 g/mol. The van der Waals surface area contributed by atoms with Gasteiger partial charge in [-0.05, 0) is 12.1 Å². The molecule has 2 nitrogen and oxygen atoms in total. The number of ether oxygens (including phenoxy) is 2. The Morgan fingerprint density at radius 2 is 1.58 bits per heavy atom. The van der Waals surface area contributed by atoms with Crippen LogP contribution in [0.2, 0.25) is 5.02 Å². The van der Waals surface area contributed by atoms with Crippen molar-refractivity contribution in [2.75, 3.05) is 21.0 Å². The fraction of sp³-hybridized carbons (Fsp3) is 0.333. The van der Waals surface area contributed by atoms with Gasteiger partial charge in [-0.15, -0.1) is 0 Å². The molecule has 0 amide bonds. The Kier molecular flexibility index (Phi) is 8.12. The van der Waals surface area contributed by atoms with Crippen molar-refractivity contribution < 1.29 is 9.47 Å². The summed E-state index contributed by atoms with van der Waals surface area (Å²) in [7, 11) is 3.17. The molecule has 1 rings (SSSR count). The molecule has 0 heterocycles. The van der Waals surface area contributed by atoms with Gasteiger partial charge in [0.2, 0.25) is 0 Å². The Bertz CT molecular complexity index is 175. The predicted octanol–water partition coefficient (Wildman–Crippen LogP) is 2.58. The lowest BCUT2D eigenvalue weighted by Crippen LogP contribution is -1.87. The van der Waals surface area contributed by atoms with E-state index in [1.54, 1.807) is 14.2 Å². The predicted molar refractivity (Wildman–Crippen MR) is 50.3 cm³/mol. The molecule has 0 saturated heterocycles. The maximum atomic E-state index is 5.54. The van der Waals surface area contributed by atoms with Crippen LogP contribution < -0.4 is 0 Å². The number of halogens is 1. The van der Waals surface area contributed by atoms with Crippen LogP contribution >= 0.6 is 11.6 Å². The van der Waals surface area contributed by atoms with E-state index in [4.69, 9.17) is 11.6 Å². The summed E-state index contributed by atoms with van der Waals surface area (Å²) in [6.07, 6.45) is 0. The molecule has 0 radical (unpaired) electrons. The molecule has 0 fully saturated rings. The molecule has 0 aliphatic heterocycles. The average Bonchev–Trinajstić information content (AvgIpc) is 2.08. The third kappa shape index (κ3) is 7.54. The first-order valence-corrected chi connectivity index (χ1v) is 3.87. The van der Waals surface area contributed by atoms with Gasteiger partial charge in [-0.3, -0.25) is 0 Å². The first kappa shape index (κ1) is 11.4. The third-order valence-corrected chi connectivity index (χ3v) is 1.22. The summed E-state index contributed by atoms with van der Waals surface area (Å²) in [6.45, 7) is 0.389. The Morgan fingerprint density at radius 1 is 1.08 bits per heavy atom. The summed E-state index contributed by atoms with van der Waals surface area (Å²) in [4.78, 5) is 0. The molecule has 0 aliphatic carbocycles. The molecule has 3 heteroatoms. The van der Waals surface area contributed by atoms with E-state index in [2.05, 4.69) is 9.47 Å². The molecule has 0 spiro atoms. The van der Waals surface area contributed by atoms with Gasteiger partial charge < -0.3 is 9.47 Å². The van der Waals surface area contributed by atoms with Crippen LogP contribution in [0.5, 0.6) is 0 Å². The summed E-state index contributed by atoms with van der Waals surface area (Å²) in [6, 6.07) is 9.44. The Hall–Kier alpha value is -0.570. The topological polar surface area (TPSA) is 18.5 Å². The van der Waals surface area contributed by atoms with E-state index in [0.717, 1.165) is 5.02 Å². The number of hydrogen-bond acceptors (Lipinski definition) is 2. The van der Waals surface area contributed by atoms with E-state index >= 15 is 0 Å². The highest BCUT2D eigenvalue weighted by atomic mass is 35.5. The highest BCUT2D eigenvalue weighted by molar-refractivity contribution is 6.30. The Balaban J connectivity index is 0.000000217. The van der Waals surface area contributed by atoms with Crippen molar-refractivity contribution in [1.82, 2.24) is 0 Å². The highest BCUT2D eigenvalue weighted by Gasteiger charge is 1.74. The van der Waals surface area contributed by atoms with E-state index in [-0.39, 0.29) is 0 Å². The number of methoxy groups -OCH3 is 2. The van der Waals surface area contributed by atoms with Gasteiger partial charge in [-0.1, -0.05) is 29.8 Å². The van der Waals surface area contributed by atoms with Gasteiger partial charge in [0, 0.05) is 19.2 Å². The molecule has 0 aromatic heterocycles. The summed E-state index contributed by atoms with van der Waals surface area (Å²) in [5.41, 5.74) is 0. The van der Waals surface area contributed by atoms with Crippen LogP contribution in [0.3, 0.4) is 0 Å². The SMILES string of the molecule is COCOC.Clc1ccccc1. The second-order valence-corrected chi connectivity index (χ2v) is 2.43. The van der Waals surface area contributed by atoms with Crippen molar-refractivity contribution in [3.05, 3.63) is 35.4 Å². The minimum atomic E-state index is 0.389. The molecule has 12 heavy (non-hydrogen) atoms. The maximum absolute atomic E-state index is 5.54. The van der Waals surface area contributed by atoms with Crippen molar-refractivity contribution in [2.24, 2.45) is 0 Å². The zero-order chi connectivity index (χ0) is 9.23. The second kappa shape index (κ2) is 8.53. The van der Waals surface area contributed by atoms with Crippen LogP contribution in [0.4, 0.5) is 0 Å².